The van der Waals surface area contributed by atoms with E-state index in [0.717, 1.165) is 30.2 Å². The fraction of sp³-hybridized carbons (Fsp3) is 0.407. The van der Waals surface area contributed by atoms with Crippen molar-refractivity contribution in [2.45, 2.75) is 18.9 Å². The third kappa shape index (κ3) is 5.81. The molecular formula is C27H37N9O. The SMILES string of the molecule is COc1cc(N2CCC(N3CCN(C)CC3)CC2)ccc1Nc1ncc(N)c(Nc2ccccc2N)n1. The summed E-state index contributed by atoms with van der Waals surface area (Å²) in [5, 5.41) is 6.46. The molecule has 1 aromatic heterocycles. The van der Waals surface area contributed by atoms with Crippen molar-refractivity contribution in [2.24, 2.45) is 0 Å². The van der Waals surface area contributed by atoms with E-state index in [0.29, 0.717) is 29.2 Å². The summed E-state index contributed by atoms with van der Waals surface area (Å²) in [7, 11) is 3.89. The summed E-state index contributed by atoms with van der Waals surface area (Å²) in [4.78, 5) is 16.5. The molecule has 3 heterocycles. The number of nitrogen functional groups attached to an aromatic ring is 2. The van der Waals surface area contributed by atoms with Gasteiger partial charge in [0, 0.05) is 57.1 Å². The second kappa shape index (κ2) is 11.1. The lowest BCUT2D eigenvalue weighted by atomic mass is 10.0. The zero-order chi connectivity index (χ0) is 25.8. The molecule has 0 spiro atoms. The molecule has 0 saturated carbocycles. The minimum atomic E-state index is 0.408. The van der Waals surface area contributed by atoms with Crippen molar-refractivity contribution in [3.63, 3.8) is 0 Å². The Balaban J connectivity index is 1.25. The highest BCUT2D eigenvalue weighted by Gasteiger charge is 2.27. The number of piperidine rings is 1. The van der Waals surface area contributed by atoms with Crippen LogP contribution in [0.4, 0.5) is 40.2 Å². The molecule has 6 N–H and O–H groups in total. The first kappa shape index (κ1) is 24.9. The number of ether oxygens (including phenoxy) is 1. The number of aromatic nitrogens is 2. The van der Waals surface area contributed by atoms with Crippen molar-refractivity contribution < 1.29 is 4.74 Å². The van der Waals surface area contributed by atoms with Crippen LogP contribution in [-0.4, -0.2) is 79.2 Å². The molecule has 196 valence electrons. The van der Waals surface area contributed by atoms with Crippen molar-refractivity contribution in [1.29, 1.82) is 0 Å². The Morgan fingerprint density at radius 3 is 2.38 bits per heavy atom. The van der Waals surface area contributed by atoms with E-state index >= 15 is 0 Å². The van der Waals surface area contributed by atoms with E-state index in [1.54, 1.807) is 13.3 Å². The molecule has 0 unspecified atom stereocenters. The number of methoxy groups -OCH3 is 1. The van der Waals surface area contributed by atoms with Crippen molar-refractivity contribution in [3.05, 3.63) is 48.7 Å². The molecule has 2 saturated heterocycles. The molecule has 0 amide bonds. The van der Waals surface area contributed by atoms with Crippen LogP contribution in [0.15, 0.2) is 48.7 Å². The van der Waals surface area contributed by atoms with Crippen LogP contribution in [0.3, 0.4) is 0 Å². The van der Waals surface area contributed by atoms with Gasteiger partial charge in [0.2, 0.25) is 5.95 Å². The summed E-state index contributed by atoms with van der Waals surface area (Å²) in [6.45, 7) is 6.79. The molecule has 2 aliphatic rings. The predicted molar refractivity (Wildman–Crippen MR) is 151 cm³/mol. The molecule has 2 aliphatic heterocycles. The first-order chi connectivity index (χ1) is 18.0. The maximum absolute atomic E-state index is 6.11. The van der Waals surface area contributed by atoms with Crippen molar-refractivity contribution in [2.75, 3.05) is 80.4 Å². The van der Waals surface area contributed by atoms with E-state index < -0.39 is 0 Å². The fourth-order valence-corrected chi connectivity index (χ4v) is 5.07. The highest BCUT2D eigenvalue weighted by Crippen LogP contribution is 2.34. The zero-order valence-corrected chi connectivity index (χ0v) is 21.7. The lowest BCUT2D eigenvalue weighted by Gasteiger charge is -2.42. The Labute approximate surface area is 218 Å². The molecular weight excluding hydrogens is 466 g/mol. The number of nitrogens with zero attached hydrogens (tertiary/aromatic N) is 5. The monoisotopic (exact) mass is 503 g/mol. The average Bonchev–Trinajstić information content (AvgIpc) is 2.92. The second-order valence-electron chi connectivity index (χ2n) is 9.78. The third-order valence-corrected chi connectivity index (χ3v) is 7.35. The van der Waals surface area contributed by atoms with Crippen LogP contribution in [0.25, 0.3) is 0 Å². The highest BCUT2D eigenvalue weighted by molar-refractivity contribution is 5.77. The van der Waals surface area contributed by atoms with Gasteiger partial charge in [-0.1, -0.05) is 12.1 Å². The van der Waals surface area contributed by atoms with Crippen LogP contribution in [0, 0.1) is 0 Å². The summed E-state index contributed by atoms with van der Waals surface area (Å²) >= 11 is 0. The Kier molecular flexibility index (Phi) is 7.47. The standard InChI is InChI=1S/C27H37N9O/c1-34-13-15-36(16-14-34)19-9-11-35(12-10-19)20-7-8-24(25(17-20)37-2)32-27-30-18-22(29)26(33-27)31-23-6-4-3-5-21(23)28/h3-8,17-19H,9-16,28-29H2,1-2H3,(H2,30,31,32,33). The zero-order valence-electron chi connectivity index (χ0n) is 21.7. The Bertz CT molecular complexity index is 1200. The third-order valence-electron chi connectivity index (χ3n) is 7.35. The van der Waals surface area contributed by atoms with Crippen LogP contribution in [0.1, 0.15) is 12.8 Å². The average molecular weight is 504 g/mol. The van der Waals surface area contributed by atoms with E-state index in [1.165, 1.54) is 44.7 Å². The van der Waals surface area contributed by atoms with Crippen LogP contribution in [0.2, 0.25) is 0 Å². The lowest BCUT2D eigenvalue weighted by Crippen LogP contribution is -2.52. The number of benzene rings is 2. The molecule has 10 heteroatoms. The molecule has 0 radical (unpaired) electrons. The molecule has 0 bridgehead atoms. The quantitative estimate of drug-likeness (QED) is 0.357. The molecule has 10 nitrogen and oxygen atoms in total. The number of anilines is 7. The number of nitrogens with one attached hydrogen (secondary N) is 2. The number of likely N-dealkylation sites (N-methyl/N-ethyl adjacent to an activating group) is 1. The normalized spacial score (nSPS) is 17.5. The minimum Gasteiger partial charge on any atom is -0.494 e. The first-order valence-corrected chi connectivity index (χ1v) is 12.9. The number of rotatable bonds is 7. The summed E-state index contributed by atoms with van der Waals surface area (Å²) in [5.41, 5.74) is 15.9. The summed E-state index contributed by atoms with van der Waals surface area (Å²) in [6.07, 6.45) is 3.95. The summed E-state index contributed by atoms with van der Waals surface area (Å²) in [5.74, 6) is 1.63. The second-order valence-corrected chi connectivity index (χ2v) is 9.78. The minimum absolute atomic E-state index is 0.408. The molecule has 37 heavy (non-hydrogen) atoms. The largest absolute Gasteiger partial charge is 0.494 e. The van der Waals surface area contributed by atoms with Gasteiger partial charge in [-0.05, 0) is 44.2 Å². The maximum atomic E-state index is 6.11. The van der Waals surface area contributed by atoms with Gasteiger partial charge >= 0.3 is 0 Å². The predicted octanol–water partition coefficient (Wildman–Crippen LogP) is 3.35. The number of hydrogen-bond donors (Lipinski definition) is 4. The molecule has 2 fully saturated rings. The van der Waals surface area contributed by atoms with Crippen LogP contribution in [0.5, 0.6) is 5.75 Å². The number of hydrogen-bond acceptors (Lipinski definition) is 10. The van der Waals surface area contributed by atoms with Gasteiger partial charge in [0.05, 0.1) is 36.1 Å². The maximum Gasteiger partial charge on any atom is 0.229 e. The van der Waals surface area contributed by atoms with Gasteiger partial charge in [0.25, 0.3) is 0 Å². The smallest absolute Gasteiger partial charge is 0.229 e. The van der Waals surface area contributed by atoms with Gasteiger partial charge in [-0.3, -0.25) is 4.90 Å². The van der Waals surface area contributed by atoms with Crippen molar-refractivity contribution in [1.82, 2.24) is 19.8 Å². The molecule has 0 atom stereocenters. The van der Waals surface area contributed by atoms with Gasteiger partial charge in [-0.15, -0.1) is 0 Å². The van der Waals surface area contributed by atoms with Crippen molar-refractivity contribution in [3.8, 4) is 5.75 Å². The van der Waals surface area contributed by atoms with Gasteiger partial charge in [-0.2, -0.15) is 4.98 Å². The van der Waals surface area contributed by atoms with Crippen LogP contribution >= 0.6 is 0 Å². The van der Waals surface area contributed by atoms with Crippen molar-refractivity contribution >= 4 is 40.2 Å². The van der Waals surface area contributed by atoms with Gasteiger partial charge in [-0.25, -0.2) is 4.98 Å². The summed E-state index contributed by atoms with van der Waals surface area (Å²) in [6, 6.07) is 14.4. The number of para-hydroxylation sites is 2. The van der Waals surface area contributed by atoms with E-state index in [-0.39, 0.29) is 0 Å². The highest BCUT2D eigenvalue weighted by atomic mass is 16.5. The number of nitrogens with two attached hydrogens (primary N) is 2. The molecule has 3 aromatic rings. The Hall–Kier alpha value is -3.76. The fourth-order valence-electron chi connectivity index (χ4n) is 5.07. The number of piperazine rings is 1. The topological polar surface area (TPSA) is 121 Å². The van der Waals surface area contributed by atoms with Gasteiger partial charge in [0.15, 0.2) is 5.82 Å². The first-order valence-electron chi connectivity index (χ1n) is 12.9. The Morgan fingerprint density at radius 1 is 0.892 bits per heavy atom. The summed E-state index contributed by atoms with van der Waals surface area (Å²) < 4.78 is 5.73. The van der Waals surface area contributed by atoms with E-state index in [2.05, 4.69) is 54.5 Å². The van der Waals surface area contributed by atoms with Gasteiger partial charge in [0.1, 0.15) is 5.75 Å². The van der Waals surface area contributed by atoms with E-state index in [1.807, 2.05) is 30.3 Å². The molecule has 5 rings (SSSR count). The van der Waals surface area contributed by atoms with E-state index in [4.69, 9.17) is 16.2 Å². The van der Waals surface area contributed by atoms with Crippen LogP contribution in [-0.2, 0) is 0 Å². The lowest BCUT2D eigenvalue weighted by molar-refractivity contribution is 0.0982. The Morgan fingerprint density at radius 2 is 1.65 bits per heavy atom. The van der Waals surface area contributed by atoms with Crippen LogP contribution < -0.4 is 31.7 Å². The van der Waals surface area contributed by atoms with E-state index in [9.17, 15) is 0 Å². The van der Waals surface area contributed by atoms with Gasteiger partial charge < -0.3 is 36.6 Å². The molecule has 0 aliphatic carbocycles. The molecule has 2 aromatic carbocycles.